The number of anilines is 1. The Kier molecular flexibility index (Phi) is 3.66. The van der Waals surface area contributed by atoms with Crippen molar-refractivity contribution in [1.82, 2.24) is 14.7 Å². The zero-order valence-corrected chi connectivity index (χ0v) is 12.6. The first-order valence-electron chi connectivity index (χ1n) is 7.62. The molecule has 2 atom stereocenters. The fourth-order valence-corrected chi connectivity index (χ4v) is 3.00. The van der Waals surface area contributed by atoms with Crippen molar-refractivity contribution >= 4 is 11.5 Å². The summed E-state index contributed by atoms with van der Waals surface area (Å²) in [5.74, 6) is 2.65. The summed E-state index contributed by atoms with van der Waals surface area (Å²) in [7, 11) is 0. The maximum Gasteiger partial charge on any atom is 0.152 e. The highest BCUT2D eigenvalue weighted by atomic mass is 15.3. The van der Waals surface area contributed by atoms with Crippen molar-refractivity contribution in [3.05, 3.63) is 30.1 Å². The third kappa shape index (κ3) is 2.29. The average molecular weight is 272 g/mol. The molecule has 2 unspecified atom stereocenters. The summed E-state index contributed by atoms with van der Waals surface area (Å²) in [5, 5.41) is 3.44. The van der Waals surface area contributed by atoms with Crippen LogP contribution in [-0.2, 0) is 6.54 Å². The fraction of sp³-hybridized carbons (Fsp3) is 0.562. The van der Waals surface area contributed by atoms with Gasteiger partial charge in [0.25, 0.3) is 0 Å². The van der Waals surface area contributed by atoms with Crippen LogP contribution in [0, 0.1) is 11.8 Å². The van der Waals surface area contributed by atoms with Gasteiger partial charge in [-0.05, 0) is 30.5 Å². The summed E-state index contributed by atoms with van der Waals surface area (Å²) in [4.78, 5) is 7.32. The predicted molar refractivity (Wildman–Crippen MR) is 83.1 cm³/mol. The zero-order valence-electron chi connectivity index (χ0n) is 12.6. The molecule has 2 aromatic rings. The molecule has 3 heterocycles. The van der Waals surface area contributed by atoms with Crippen molar-refractivity contribution in [2.45, 2.75) is 27.3 Å². The molecule has 0 saturated carbocycles. The Labute approximate surface area is 120 Å². The minimum absolute atomic E-state index is 0.742. The lowest BCUT2D eigenvalue weighted by molar-refractivity contribution is 0.494. The van der Waals surface area contributed by atoms with E-state index < -0.39 is 0 Å². The topological polar surface area (TPSA) is 32.6 Å². The second kappa shape index (κ2) is 5.44. The van der Waals surface area contributed by atoms with Gasteiger partial charge in [-0.2, -0.15) is 0 Å². The molecule has 0 spiro atoms. The van der Waals surface area contributed by atoms with Gasteiger partial charge in [-0.15, -0.1) is 0 Å². The number of nitrogens with one attached hydrogen (secondary N) is 1. The number of nitrogens with zero attached hydrogens (tertiary/aromatic N) is 3. The summed E-state index contributed by atoms with van der Waals surface area (Å²) >= 11 is 0. The maximum atomic E-state index is 4.87. The molecular weight excluding hydrogens is 248 g/mol. The van der Waals surface area contributed by atoms with E-state index in [1.165, 1.54) is 5.69 Å². The van der Waals surface area contributed by atoms with Gasteiger partial charge >= 0.3 is 0 Å². The first-order valence-corrected chi connectivity index (χ1v) is 7.62. The van der Waals surface area contributed by atoms with Crippen LogP contribution in [-0.4, -0.2) is 29.0 Å². The predicted octanol–water partition coefficient (Wildman–Crippen LogP) is 2.54. The third-order valence-electron chi connectivity index (χ3n) is 4.44. The molecule has 1 N–H and O–H groups in total. The molecular formula is C16H24N4. The van der Waals surface area contributed by atoms with Gasteiger partial charge in [0, 0.05) is 25.8 Å². The summed E-state index contributed by atoms with van der Waals surface area (Å²) < 4.78 is 2.21. The van der Waals surface area contributed by atoms with E-state index in [2.05, 4.69) is 59.8 Å². The Morgan fingerprint density at radius 2 is 2.00 bits per heavy atom. The first-order chi connectivity index (χ1) is 9.70. The van der Waals surface area contributed by atoms with Crippen LogP contribution in [0.5, 0.6) is 0 Å². The van der Waals surface area contributed by atoms with Crippen molar-refractivity contribution in [1.29, 1.82) is 0 Å². The van der Waals surface area contributed by atoms with Crippen LogP contribution in [0.25, 0.3) is 5.65 Å². The highest BCUT2D eigenvalue weighted by molar-refractivity contribution is 5.56. The number of rotatable bonds is 4. The Morgan fingerprint density at radius 3 is 2.70 bits per heavy atom. The van der Waals surface area contributed by atoms with Crippen LogP contribution < -0.4 is 10.2 Å². The van der Waals surface area contributed by atoms with Crippen molar-refractivity contribution in [3.8, 4) is 0 Å². The largest absolute Gasteiger partial charge is 0.354 e. The summed E-state index contributed by atoms with van der Waals surface area (Å²) in [6.45, 7) is 10.9. The highest BCUT2D eigenvalue weighted by Gasteiger charge is 2.29. The number of hydrogen-bond acceptors (Lipinski definition) is 3. The zero-order chi connectivity index (χ0) is 14.1. The van der Waals surface area contributed by atoms with E-state index in [-0.39, 0.29) is 0 Å². The minimum atomic E-state index is 0.742. The lowest BCUT2D eigenvalue weighted by Crippen LogP contribution is -2.23. The molecule has 0 radical (unpaired) electrons. The van der Waals surface area contributed by atoms with E-state index in [1.807, 2.05) is 0 Å². The van der Waals surface area contributed by atoms with Gasteiger partial charge in [-0.1, -0.05) is 26.8 Å². The van der Waals surface area contributed by atoms with Crippen LogP contribution >= 0.6 is 0 Å². The van der Waals surface area contributed by atoms with Gasteiger partial charge in [0.1, 0.15) is 5.65 Å². The van der Waals surface area contributed by atoms with Crippen LogP contribution in [0.4, 0.5) is 5.82 Å². The van der Waals surface area contributed by atoms with Crippen molar-refractivity contribution in [2.75, 3.05) is 24.5 Å². The number of imidazole rings is 1. The van der Waals surface area contributed by atoms with E-state index in [1.54, 1.807) is 0 Å². The van der Waals surface area contributed by atoms with Crippen molar-refractivity contribution in [2.24, 2.45) is 11.8 Å². The molecule has 4 nitrogen and oxygen atoms in total. The average Bonchev–Trinajstić information content (AvgIpc) is 2.98. The molecule has 1 saturated heterocycles. The smallest absolute Gasteiger partial charge is 0.152 e. The van der Waals surface area contributed by atoms with E-state index in [0.717, 1.165) is 49.5 Å². The molecule has 1 aliphatic rings. The Morgan fingerprint density at radius 1 is 1.25 bits per heavy atom. The molecule has 0 bridgehead atoms. The van der Waals surface area contributed by atoms with Gasteiger partial charge in [0.2, 0.25) is 0 Å². The van der Waals surface area contributed by atoms with Gasteiger partial charge in [0.05, 0.1) is 5.69 Å². The molecule has 20 heavy (non-hydrogen) atoms. The monoisotopic (exact) mass is 272 g/mol. The Hall–Kier alpha value is -1.55. The lowest BCUT2D eigenvalue weighted by atomic mass is 10.0. The SMILES string of the molecule is CCNCc1c(N2CC(C)C(C)C2)nc2ccccn12. The van der Waals surface area contributed by atoms with E-state index in [0.29, 0.717) is 0 Å². The third-order valence-corrected chi connectivity index (χ3v) is 4.44. The summed E-state index contributed by atoms with van der Waals surface area (Å²) in [6, 6.07) is 6.21. The van der Waals surface area contributed by atoms with Crippen molar-refractivity contribution < 1.29 is 0 Å². The summed E-state index contributed by atoms with van der Waals surface area (Å²) in [6.07, 6.45) is 2.11. The number of pyridine rings is 1. The van der Waals surface area contributed by atoms with E-state index in [4.69, 9.17) is 4.98 Å². The van der Waals surface area contributed by atoms with Crippen molar-refractivity contribution in [3.63, 3.8) is 0 Å². The lowest BCUT2D eigenvalue weighted by Gasteiger charge is -2.17. The van der Waals surface area contributed by atoms with Crippen LogP contribution in [0.2, 0.25) is 0 Å². The standard InChI is InChI=1S/C16H24N4/c1-4-17-9-14-16(19-10-12(2)13(3)11-19)18-15-7-5-6-8-20(14)15/h5-8,12-13,17H,4,9-11H2,1-3H3. The molecule has 1 fully saturated rings. The summed E-state index contributed by atoms with van der Waals surface area (Å²) in [5.41, 5.74) is 2.33. The molecule has 0 aromatic carbocycles. The Bertz CT molecular complexity index is 579. The Balaban J connectivity index is 2.00. The van der Waals surface area contributed by atoms with E-state index in [9.17, 15) is 0 Å². The maximum absolute atomic E-state index is 4.87. The molecule has 108 valence electrons. The molecule has 2 aromatic heterocycles. The number of aromatic nitrogens is 2. The molecule has 1 aliphatic heterocycles. The normalized spacial score (nSPS) is 22.9. The first kappa shape index (κ1) is 13.4. The molecule has 4 heteroatoms. The second-order valence-electron chi connectivity index (χ2n) is 5.95. The highest BCUT2D eigenvalue weighted by Crippen LogP contribution is 2.30. The minimum Gasteiger partial charge on any atom is -0.354 e. The van der Waals surface area contributed by atoms with Gasteiger partial charge in [-0.25, -0.2) is 4.98 Å². The number of hydrogen-bond donors (Lipinski definition) is 1. The van der Waals surface area contributed by atoms with Gasteiger partial charge in [0.15, 0.2) is 5.82 Å². The van der Waals surface area contributed by atoms with Gasteiger partial charge < -0.3 is 14.6 Å². The van der Waals surface area contributed by atoms with Crippen LogP contribution in [0.1, 0.15) is 26.5 Å². The molecule has 3 rings (SSSR count). The quantitative estimate of drug-likeness (QED) is 0.928. The second-order valence-corrected chi connectivity index (χ2v) is 5.95. The molecule has 0 aliphatic carbocycles. The fourth-order valence-electron chi connectivity index (χ4n) is 3.00. The number of fused-ring (bicyclic) bond motifs is 1. The molecule has 0 amide bonds. The van der Waals surface area contributed by atoms with Crippen LogP contribution in [0.3, 0.4) is 0 Å². The van der Waals surface area contributed by atoms with Crippen LogP contribution in [0.15, 0.2) is 24.4 Å². The van der Waals surface area contributed by atoms with Gasteiger partial charge in [-0.3, -0.25) is 0 Å². The van der Waals surface area contributed by atoms with E-state index >= 15 is 0 Å².